The number of nitrogens with zero attached hydrogens (tertiary/aromatic N) is 2. The smallest absolute Gasteiger partial charge is 0.272 e. The van der Waals surface area contributed by atoms with Crippen molar-refractivity contribution in [3.05, 3.63) is 82.7 Å². The summed E-state index contributed by atoms with van der Waals surface area (Å²) >= 11 is 0. The number of nitrogens with one attached hydrogen (secondary N) is 2. The van der Waals surface area contributed by atoms with Crippen LogP contribution in [0.3, 0.4) is 0 Å². The number of amides is 1. The van der Waals surface area contributed by atoms with Crippen LogP contribution in [0.25, 0.3) is 10.9 Å². The molecule has 7 heteroatoms. The van der Waals surface area contributed by atoms with Crippen LogP contribution in [0.4, 0.5) is 5.69 Å². The first-order valence-corrected chi connectivity index (χ1v) is 9.95. The Labute approximate surface area is 179 Å². The van der Waals surface area contributed by atoms with E-state index in [2.05, 4.69) is 15.3 Å². The van der Waals surface area contributed by atoms with Gasteiger partial charge in [-0.25, -0.2) is 0 Å². The molecule has 31 heavy (non-hydrogen) atoms. The highest BCUT2D eigenvalue weighted by Gasteiger charge is 2.20. The van der Waals surface area contributed by atoms with E-state index in [1.807, 2.05) is 39.0 Å². The molecule has 4 aromatic rings. The molecular weight excluding hydrogens is 392 g/mol. The largest absolute Gasteiger partial charge is 0.455 e. The molecule has 0 atom stereocenters. The van der Waals surface area contributed by atoms with Crippen molar-refractivity contribution >= 4 is 22.5 Å². The Morgan fingerprint density at radius 3 is 2.58 bits per heavy atom. The first-order valence-electron chi connectivity index (χ1n) is 9.95. The quantitative estimate of drug-likeness (QED) is 0.509. The third-order valence-electron chi connectivity index (χ3n) is 5.15. The van der Waals surface area contributed by atoms with Gasteiger partial charge in [0.25, 0.3) is 11.5 Å². The van der Waals surface area contributed by atoms with Gasteiger partial charge in [-0.15, -0.1) is 0 Å². The Hall–Kier alpha value is -3.87. The predicted molar refractivity (Wildman–Crippen MR) is 121 cm³/mol. The monoisotopic (exact) mass is 416 g/mol. The zero-order chi connectivity index (χ0) is 22.2. The highest BCUT2D eigenvalue weighted by atomic mass is 16.5. The summed E-state index contributed by atoms with van der Waals surface area (Å²) in [4.78, 5) is 32.0. The number of aryl methyl sites for hydroxylation is 1. The second kappa shape index (κ2) is 7.75. The minimum Gasteiger partial charge on any atom is -0.455 e. The van der Waals surface area contributed by atoms with E-state index in [0.717, 1.165) is 16.5 Å². The maximum Gasteiger partial charge on any atom is 0.272 e. The molecule has 0 bridgehead atoms. The number of ether oxygens (including phenoxy) is 1. The van der Waals surface area contributed by atoms with Crippen LogP contribution in [0.1, 0.15) is 36.8 Å². The number of rotatable bonds is 4. The maximum absolute atomic E-state index is 13.1. The SMILES string of the molecule is Cn1c(C(=O)Nc2cc(C(C)(C)C)c[nH]c2=O)cc2cccc(Oc3ccncc3)c21. The number of H-pyrrole nitrogens is 1. The number of fused-ring (bicyclic) bond motifs is 1. The van der Waals surface area contributed by atoms with Gasteiger partial charge >= 0.3 is 0 Å². The van der Waals surface area contributed by atoms with Crippen molar-refractivity contribution in [3.63, 3.8) is 0 Å². The maximum atomic E-state index is 13.1. The van der Waals surface area contributed by atoms with Crippen LogP contribution >= 0.6 is 0 Å². The number of anilines is 1. The lowest BCUT2D eigenvalue weighted by molar-refractivity contribution is 0.101. The van der Waals surface area contributed by atoms with Crippen molar-refractivity contribution in [1.82, 2.24) is 14.5 Å². The molecule has 2 N–H and O–H groups in total. The van der Waals surface area contributed by atoms with Crippen LogP contribution < -0.4 is 15.6 Å². The summed E-state index contributed by atoms with van der Waals surface area (Å²) in [5, 5.41) is 3.62. The van der Waals surface area contributed by atoms with E-state index in [-0.39, 0.29) is 22.6 Å². The van der Waals surface area contributed by atoms with Crippen LogP contribution in [0.15, 0.2) is 65.8 Å². The molecule has 3 aromatic heterocycles. The molecule has 0 aliphatic rings. The van der Waals surface area contributed by atoms with Crippen LogP contribution in [0.2, 0.25) is 0 Å². The minimum absolute atomic E-state index is 0.164. The first-order chi connectivity index (χ1) is 14.7. The van der Waals surface area contributed by atoms with Gasteiger partial charge in [-0.1, -0.05) is 32.9 Å². The molecule has 0 saturated heterocycles. The number of aromatic nitrogens is 3. The Morgan fingerprint density at radius 2 is 1.87 bits per heavy atom. The van der Waals surface area contributed by atoms with Gasteiger partial charge in [0.15, 0.2) is 5.75 Å². The van der Waals surface area contributed by atoms with Crippen molar-refractivity contribution in [2.24, 2.45) is 7.05 Å². The molecular formula is C24H24N4O3. The van der Waals surface area contributed by atoms with Gasteiger partial charge in [0.2, 0.25) is 0 Å². The van der Waals surface area contributed by atoms with Gasteiger partial charge in [-0.2, -0.15) is 0 Å². The van der Waals surface area contributed by atoms with Gasteiger partial charge < -0.3 is 19.6 Å². The number of para-hydroxylation sites is 1. The van der Waals surface area contributed by atoms with Crippen LogP contribution in [0, 0.1) is 0 Å². The molecule has 1 aromatic carbocycles. The Kier molecular flexibility index (Phi) is 5.10. The highest BCUT2D eigenvalue weighted by Crippen LogP contribution is 2.32. The van der Waals surface area contributed by atoms with Crippen molar-refractivity contribution < 1.29 is 9.53 Å². The zero-order valence-electron chi connectivity index (χ0n) is 17.9. The summed E-state index contributed by atoms with van der Waals surface area (Å²) in [5.74, 6) is 0.906. The number of aromatic amines is 1. The summed E-state index contributed by atoms with van der Waals surface area (Å²) < 4.78 is 7.78. The number of pyridine rings is 2. The molecule has 0 radical (unpaired) electrons. The van der Waals surface area contributed by atoms with Crippen molar-refractivity contribution in [2.45, 2.75) is 26.2 Å². The van der Waals surface area contributed by atoms with Gasteiger partial charge in [-0.3, -0.25) is 14.6 Å². The second-order valence-electron chi connectivity index (χ2n) is 8.40. The van der Waals surface area contributed by atoms with Gasteiger partial charge in [0, 0.05) is 31.0 Å². The molecule has 0 aliphatic carbocycles. The summed E-state index contributed by atoms with van der Waals surface area (Å²) in [6, 6.07) is 12.7. The van der Waals surface area contributed by atoms with Gasteiger partial charge in [-0.05, 0) is 41.3 Å². The summed E-state index contributed by atoms with van der Waals surface area (Å²) in [5.41, 5.74) is 1.83. The van der Waals surface area contributed by atoms with Crippen molar-refractivity contribution in [1.29, 1.82) is 0 Å². The Balaban J connectivity index is 1.69. The number of carbonyl (C=O) groups excluding carboxylic acids is 1. The van der Waals surface area contributed by atoms with Crippen LogP contribution in [-0.2, 0) is 12.5 Å². The molecule has 0 fully saturated rings. The lowest BCUT2D eigenvalue weighted by atomic mass is 9.88. The van der Waals surface area contributed by atoms with Gasteiger partial charge in [0.1, 0.15) is 17.1 Å². The van der Waals surface area contributed by atoms with E-state index >= 15 is 0 Å². The molecule has 0 spiro atoms. The number of hydrogen-bond acceptors (Lipinski definition) is 4. The third-order valence-corrected chi connectivity index (χ3v) is 5.15. The number of hydrogen-bond donors (Lipinski definition) is 2. The second-order valence-corrected chi connectivity index (χ2v) is 8.40. The fraction of sp³-hybridized carbons (Fsp3) is 0.208. The van der Waals surface area contributed by atoms with E-state index in [4.69, 9.17) is 4.74 Å². The minimum atomic E-state index is -0.370. The average Bonchev–Trinajstić information content (AvgIpc) is 3.07. The molecule has 0 unspecified atom stereocenters. The molecule has 158 valence electrons. The van der Waals surface area contributed by atoms with E-state index in [1.54, 1.807) is 54.5 Å². The fourth-order valence-corrected chi connectivity index (χ4v) is 3.41. The van der Waals surface area contributed by atoms with E-state index in [1.165, 1.54) is 0 Å². The zero-order valence-corrected chi connectivity index (χ0v) is 17.9. The Morgan fingerprint density at radius 1 is 1.13 bits per heavy atom. The van der Waals surface area contributed by atoms with E-state index < -0.39 is 0 Å². The standard InChI is InChI=1S/C24H24N4O3/c1-24(2,3)16-13-18(22(29)26-14-16)27-23(30)19-12-15-6-5-7-20(21(15)28(19)4)31-17-8-10-25-11-9-17/h5-14H,1-4H3,(H,26,29)(H,27,30). The molecule has 0 saturated carbocycles. The summed E-state index contributed by atoms with van der Waals surface area (Å²) in [6.07, 6.45) is 4.99. The molecule has 0 aliphatic heterocycles. The normalized spacial score (nSPS) is 11.5. The average molecular weight is 416 g/mol. The van der Waals surface area contributed by atoms with Crippen LogP contribution in [-0.4, -0.2) is 20.4 Å². The predicted octanol–water partition coefficient (Wildman–Crippen LogP) is 4.60. The van der Waals surface area contributed by atoms with Crippen molar-refractivity contribution in [3.8, 4) is 11.5 Å². The fourth-order valence-electron chi connectivity index (χ4n) is 3.41. The topological polar surface area (TPSA) is 89.0 Å². The molecule has 4 rings (SSSR count). The van der Waals surface area contributed by atoms with Crippen LogP contribution in [0.5, 0.6) is 11.5 Å². The van der Waals surface area contributed by atoms with Crippen molar-refractivity contribution in [2.75, 3.05) is 5.32 Å². The Bertz CT molecular complexity index is 1310. The summed E-state index contributed by atoms with van der Waals surface area (Å²) in [7, 11) is 1.80. The highest BCUT2D eigenvalue weighted by molar-refractivity contribution is 6.07. The van der Waals surface area contributed by atoms with E-state index in [9.17, 15) is 9.59 Å². The number of benzene rings is 1. The van der Waals surface area contributed by atoms with E-state index in [0.29, 0.717) is 17.2 Å². The number of carbonyl (C=O) groups is 1. The van der Waals surface area contributed by atoms with Gasteiger partial charge in [0.05, 0.1) is 5.52 Å². The molecule has 3 heterocycles. The lowest BCUT2D eigenvalue weighted by Crippen LogP contribution is -2.23. The molecule has 7 nitrogen and oxygen atoms in total. The molecule has 1 amide bonds. The first kappa shape index (κ1) is 20.4. The lowest BCUT2D eigenvalue weighted by Gasteiger charge is -2.19. The summed E-state index contributed by atoms with van der Waals surface area (Å²) in [6.45, 7) is 6.13. The third kappa shape index (κ3) is 4.07.